The normalized spacial score (nSPS) is 16.3. The molecule has 0 bridgehead atoms. The van der Waals surface area contributed by atoms with Crippen LogP contribution in [0.25, 0.3) is 10.6 Å². The van der Waals surface area contributed by atoms with Gasteiger partial charge in [0.15, 0.2) is 5.01 Å². The topological polar surface area (TPSA) is 109 Å². The number of nitrogens with one attached hydrogen (secondary N) is 2. The highest BCUT2D eigenvalue weighted by molar-refractivity contribution is 7.16. The minimum atomic E-state index is -0.571. The molecular formula is C21H29ClN6O3S. The van der Waals surface area contributed by atoms with E-state index in [1.54, 1.807) is 17.2 Å². The second-order valence-corrected chi connectivity index (χ2v) is 10.3. The van der Waals surface area contributed by atoms with Crippen LogP contribution in [0.5, 0.6) is 0 Å². The summed E-state index contributed by atoms with van der Waals surface area (Å²) in [5.41, 5.74) is 0.956. The lowest BCUT2D eigenvalue weighted by Crippen LogP contribution is -2.44. The van der Waals surface area contributed by atoms with Gasteiger partial charge in [-0.15, -0.1) is 10.2 Å². The van der Waals surface area contributed by atoms with Crippen LogP contribution < -0.4 is 10.6 Å². The second-order valence-electron chi connectivity index (χ2n) is 8.94. The maximum absolute atomic E-state index is 13.1. The largest absolute Gasteiger partial charge is 0.444 e. The molecule has 0 unspecified atom stereocenters. The Bertz CT molecular complexity index is 975. The predicted octanol–water partition coefficient (Wildman–Crippen LogP) is 4.20. The SMILES string of the molecule is CC(C)Nc1cc(Cl)ncc1-c1nnc(C(=O)N2CCC[C@H]2CNC(=O)OC(C)(C)C)s1. The van der Waals surface area contributed by atoms with Crippen molar-refractivity contribution in [2.75, 3.05) is 18.4 Å². The molecule has 0 aromatic carbocycles. The van der Waals surface area contributed by atoms with Crippen LogP contribution in [0.15, 0.2) is 12.3 Å². The van der Waals surface area contributed by atoms with Gasteiger partial charge >= 0.3 is 6.09 Å². The van der Waals surface area contributed by atoms with E-state index in [1.807, 2.05) is 34.6 Å². The van der Waals surface area contributed by atoms with Gasteiger partial charge in [-0.1, -0.05) is 22.9 Å². The molecule has 32 heavy (non-hydrogen) atoms. The molecule has 11 heteroatoms. The minimum absolute atomic E-state index is 0.113. The molecule has 0 spiro atoms. The zero-order valence-corrected chi connectivity index (χ0v) is 20.5. The summed E-state index contributed by atoms with van der Waals surface area (Å²) < 4.78 is 5.28. The first-order valence-electron chi connectivity index (χ1n) is 10.6. The van der Waals surface area contributed by atoms with Crippen LogP contribution in [-0.4, -0.2) is 62.9 Å². The summed E-state index contributed by atoms with van der Waals surface area (Å²) >= 11 is 7.26. The molecule has 0 radical (unpaired) electrons. The fourth-order valence-corrected chi connectivity index (χ4v) is 4.38. The van der Waals surface area contributed by atoms with E-state index in [4.69, 9.17) is 16.3 Å². The van der Waals surface area contributed by atoms with Gasteiger partial charge in [-0.3, -0.25) is 4.79 Å². The van der Waals surface area contributed by atoms with E-state index < -0.39 is 11.7 Å². The summed E-state index contributed by atoms with van der Waals surface area (Å²) in [6, 6.07) is 1.81. The highest BCUT2D eigenvalue weighted by Crippen LogP contribution is 2.32. The molecule has 174 valence electrons. The van der Waals surface area contributed by atoms with Gasteiger partial charge in [0.05, 0.1) is 5.56 Å². The van der Waals surface area contributed by atoms with E-state index in [9.17, 15) is 9.59 Å². The monoisotopic (exact) mass is 480 g/mol. The van der Waals surface area contributed by atoms with E-state index >= 15 is 0 Å². The number of nitrogens with zero attached hydrogens (tertiary/aromatic N) is 4. The molecule has 2 aromatic heterocycles. The predicted molar refractivity (Wildman–Crippen MR) is 125 cm³/mol. The molecule has 2 aromatic rings. The van der Waals surface area contributed by atoms with Crippen LogP contribution in [0.4, 0.5) is 10.5 Å². The number of anilines is 1. The Hall–Kier alpha value is -2.46. The number of hydrogen-bond acceptors (Lipinski definition) is 8. The molecule has 1 atom stereocenters. The number of carbonyl (C=O) groups is 2. The Morgan fingerprint density at radius 1 is 1.34 bits per heavy atom. The number of hydrogen-bond donors (Lipinski definition) is 2. The van der Waals surface area contributed by atoms with E-state index in [0.717, 1.165) is 24.1 Å². The molecule has 1 saturated heterocycles. The van der Waals surface area contributed by atoms with Gasteiger partial charge in [-0.25, -0.2) is 9.78 Å². The number of halogens is 1. The zero-order valence-electron chi connectivity index (χ0n) is 18.9. The molecule has 2 amide bonds. The third-order valence-corrected chi connectivity index (χ3v) is 5.82. The summed E-state index contributed by atoms with van der Waals surface area (Å²) in [4.78, 5) is 31.0. The Labute approximate surface area is 196 Å². The summed E-state index contributed by atoms with van der Waals surface area (Å²) in [5, 5.41) is 15.7. The third kappa shape index (κ3) is 6.29. The number of carbonyl (C=O) groups excluding carboxylic acids is 2. The number of likely N-dealkylation sites (tertiary alicyclic amines) is 1. The third-order valence-electron chi connectivity index (χ3n) is 4.67. The lowest BCUT2D eigenvalue weighted by molar-refractivity contribution is 0.0501. The summed E-state index contributed by atoms with van der Waals surface area (Å²) in [6.07, 6.45) is 2.80. The van der Waals surface area contributed by atoms with Crippen molar-refractivity contribution in [2.45, 2.75) is 65.1 Å². The van der Waals surface area contributed by atoms with Crippen molar-refractivity contribution in [2.24, 2.45) is 0 Å². The van der Waals surface area contributed by atoms with Crippen molar-refractivity contribution >= 4 is 40.6 Å². The highest BCUT2D eigenvalue weighted by Gasteiger charge is 2.32. The van der Waals surface area contributed by atoms with Crippen LogP contribution >= 0.6 is 22.9 Å². The summed E-state index contributed by atoms with van der Waals surface area (Å²) in [6.45, 7) is 10.4. The molecule has 3 heterocycles. The maximum Gasteiger partial charge on any atom is 0.407 e. The van der Waals surface area contributed by atoms with Gasteiger partial charge < -0.3 is 20.3 Å². The van der Waals surface area contributed by atoms with Gasteiger partial charge in [-0.2, -0.15) is 0 Å². The van der Waals surface area contributed by atoms with Crippen LogP contribution in [0, 0.1) is 0 Å². The fourth-order valence-electron chi connectivity index (χ4n) is 3.40. The van der Waals surface area contributed by atoms with Gasteiger partial charge in [0, 0.05) is 37.1 Å². The first-order valence-corrected chi connectivity index (χ1v) is 11.8. The minimum Gasteiger partial charge on any atom is -0.444 e. The van der Waals surface area contributed by atoms with Crippen molar-refractivity contribution in [1.82, 2.24) is 25.4 Å². The Morgan fingerprint density at radius 2 is 2.09 bits per heavy atom. The average Bonchev–Trinajstić information content (AvgIpc) is 3.34. The van der Waals surface area contributed by atoms with Crippen LogP contribution in [-0.2, 0) is 4.74 Å². The second kappa shape index (κ2) is 9.99. The molecule has 1 fully saturated rings. The number of amides is 2. The molecule has 1 aliphatic heterocycles. The fraction of sp³-hybridized carbons (Fsp3) is 0.571. The number of aromatic nitrogens is 3. The highest BCUT2D eigenvalue weighted by atomic mass is 35.5. The first kappa shape index (κ1) is 24.2. The quantitative estimate of drug-likeness (QED) is 0.596. The molecule has 0 aliphatic carbocycles. The van der Waals surface area contributed by atoms with Gasteiger partial charge in [0.25, 0.3) is 5.91 Å². The molecule has 2 N–H and O–H groups in total. The Balaban J connectivity index is 1.71. The first-order chi connectivity index (χ1) is 15.0. The van der Waals surface area contributed by atoms with Gasteiger partial charge in [0.2, 0.25) is 5.01 Å². The Kier molecular flexibility index (Phi) is 7.55. The number of alkyl carbamates (subject to hydrolysis) is 1. The smallest absolute Gasteiger partial charge is 0.407 e. The van der Waals surface area contributed by atoms with Crippen molar-refractivity contribution in [1.29, 1.82) is 0 Å². The molecule has 1 aliphatic rings. The molecule has 0 saturated carbocycles. The molecule has 3 rings (SSSR count). The number of rotatable bonds is 6. The number of pyridine rings is 1. The van der Waals surface area contributed by atoms with Crippen LogP contribution in [0.3, 0.4) is 0 Å². The zero-order chi connectivity index (χ0) is 23.5. The van der Waals surface area contributed by atoms with E-state index in [-0.39, 0.29) is 18.0 Å². The molecular weight excluding hydrogens is 452 g/mol. The van der Waals surface area contributed by atoms with Crippen LogP contribution in [0.1, 0.15) is 57.3 Å². The lowest BCUT2D eigenvalue weighted by atomic mass is 10.2. The van der Waals surface area contributed by atoms with Crippen LogP contribution in [0.2, 0.25) is 5.15 Å². The van der Waals surface area contributed by atoms with E-state index in [2.05, 4.69) is 25.8 Å². The summed E-state index contributed by atoms with van der Waals surface area (Å²) in [7, 11) is 0. The van der Waals surface area contributed by atoms with Gasteiger partial charge in [-0.05, 0) is 53.5 Å². The van der Waals surface area contributed by atoms with Crippen molar-refractivity contribution in [3.05, 3.63) is 22.4 Å². The number of ether oxygens (including phenoxy) is 1. The van der Waals surface area contributed by atoms with Crippen molar-refractivity contribution in [3.8, 4) is 10.6 Å². The molecule has 9 nitrogen and oxygen atoms in total. The maximum atomic E-state index is 13.1. The lowest BCUT2D eigenvalue weighted by Gasteiger charge is -2.25. The van der Waals surface area contributed by atoms with Gasteiger partial charge in [0.1, 0.15) is 10.8 Å². The van der Waals surface area contributed by atoms with Crippen molar-refractivity contribution in [3.63, 3.8) is 0 Å². The van der Waals surface area contributed by atoms with E-state index in [0.29, 0.717) is 28.3 Å². The average molecular weight is 481 g/mol. The van der Waals surface area contributed by atoms with E-state index in [1.165, 1.54) is 11.3 Å². The Morgan fingerprint density at radius 3 is 2.78 bits per heavy atom. The summed E-state index contributed by atoms with van der Waals surface area (Å²) in [5.74, 6) is -0.192. The van der Waals surface area contributed by atoms with Crippen molar-refractivity contribution < 1.29 is 14.3 Å². The standard InChI is InChI=1S/C21H29ClN6O3S/c1-12(2)25-15-9-16(22)23-11-14(15)17-26-27-18(32-17)19(29)28-8-6-7-13(28)10-24-20(30)31-21(3,4)5/h9,11-13H,6-8,10H2,1-5H3,(H,23,25)(H,24,30)/t13-/m0/s1.